The van der Waals surface area contributed by atoms with Crippen LogP contribution in [0.5, 0.6) is 11.5 Å². The standard InChI is InChI=1S/C39H28O3/c1-3-23-41-31-18-14-29(15-19-31)39(30-16-20-32(21-17-30)42-37(40)4-2)36-25-28-11-6-5-10-27(28)24-35(36)34-22-13-26-9-7-8-12-33(26)38(34)39/h3-22,24-25H,1-2,23H2. The van der Waals surface area contributed by atoms with E-state index in [9.17, 15) is 4.79 Å². The lowest BCUT2D eigenvalue weighted by Gasteiger charge is -2.35. The van der Waals surface area contributed by atoms with Gasteiger partial charge < -0.3 is 9.47 Å². The Morgan fingerprint density at radius 1 is 0.667 bits per heavy atom. The highest BCUT2D eigenvalue weighted by atomic mass is 16.5. The Kier molecular flexibility index (Phi) is 6.21. The maximum atomic E-state index is 12.0. The Morgan fingerprint density at radius 2 is 1.29 bits per heavy atom. The maximum Gasteiger partial charge on any atom is 0.335 e. The third kappa shape index (κ3) is 3.93. The molecule has 0 N–H and O–H groups in total. The first kappa shape index (κ1) is 25.6. The Labute approximate surface area is 245 Å². The molecule has 6 aromatic carbocycles. The highest BCUT2D eigenvalue weighted by Gasteiger charge is 2.47. The van der Waals surface area contributed by atoms with E-state index in [1.54, 1.807) is 6.08 Å². The van der Waals surface area contributed by atoms with E-state index in [0.717, 1.165) is 16.9 Å². The summed E-state index contributed by atoms with van der Waals surface area (Å²) in [5.74, 6) is 0.777. The zero-order valence-electron chi connectivity index (χ0n) is 23.0. The molecule has 1 unspecified atom stereocenters. The molecule has 0 aromatic heterocycles. The molecule has 1 atom stereocenters. The van der Waals surface area contributed by atoms with Gasteiger partial charge in [0.15, 0.2) is 0 Å². The van der Waals surface area contributed by atoms with Gasteiger partial charge >= 0.3 is 5.97 Å². The lowest BCUT2D eigenvalue weighted by Crippen LogP contribution is -2.29. The van der Waals surface area contributed by atoms with Crippen LogP contribution in [0.25, 0.3) is 32.7 Å². The van der Waals surface area contributed by atoms with E-state index in [0.29, 0.717) is 12.4 Å². The second kappa shape index (κ2) is 10.2. The van der Waals surface area contributed by atoms with Gasteiger partial charge in [-0.2, -0.15) is 0 Å². The molecular formula is C39H28O3. The third-order valence-corrected chi connectivity index (χ3v) is 8.21. The van der Waals surface area contributed by atoms with Crippen LogP contribution in [0.15, 0.2) is 147 Å². The van der Waals surface area contributed by atoms with Crippen LogP contribution in [0.2, 0.25) is 0 Å². The largest absolute Gasteiger partial charge is 0.490 e. The highest BCUT2D eigenvalue weighted by molar-refractivity contribution is 6.03. The number of benzene rings is 6. The Morgan fingerprint density at radius 3 is 1.95 bits per heavy atom. The smallest absolute Gasteiger partial charge is 0.335 e. The zero-order chi connectivity index (χ0) is 28.7. The molecule has 0 saturated heterocycles. The van der Waals surface area contributed by atoms with Gasteiger partial charge in [0, 0.05) is 6.08 Å². The fourth-order valence-electron chi connectivity index (χ4n) is 6.46. The van der Waals surface area contributed by atoms with E-state index < -0.39 is 11.4 Å². The summed E-state index contributed by atoms with van der Waals surface area (Å²) in [4.78, 5) is 12.0. The number of fused-ring (bicyclic) bond motifs is 6. The van der Waals surface area contributed by atoms with Crippen molar-refractivity contribution >= 4 is 27.5 Å². The van der Waals surface area contributed by atoms with E-state index in [1.807, 2.05) is 24.3 Å². The summed E-state index contributed by atoms with van der Waals surface area (Å²) in [6, 6.07) is 42.5. The molecule has 0 amide bonds. The monoisotopic (exact) mass is 544 g/mol. The summed E-state index contributed by atoms with van der Waals surface area (Å²) < 4.78 is 11.3. The van der Waals surface area contributed by atoms with Crippen molar-refractivity contribution in [3.8, 4) is 22.6 Å². The molecule has 7 rings (SSSR count). The molecule has 0 bridgehead atoms. The highest BCUT2D eigenvalue weighted by Crippen LogP contribution is 2.59. The van der Waals surface area contributed by atoms with Crippen molar-refractivity contribution in [2.45, 2.75) is 5.41 Å². The van der Waals surface area contributed by atoms with Gasteiger partial charge in [0.1, 0.15) is 18.1 Å². The summed E-state index contributed by atoms with van der Waals surface area (Å²) in [6.07, 6.45) is 2.92. The molecule has 0 spiro atoms. The molecule has 0 saturated carbocycles. The van der Waals surface area contributed by atoms with Crippen LogP contribution >= 0.6 is 0 Å². The van der Waals surface area contributed by atoms with Gasteiger partial charge in [0.2, 0.25) is 0 Å². The van der Waals surface area contributed by atoms with Gasteiger partial charge in [0.25, 0.3) is 0 Å². The third-order valence-electron chi connectivity index (χ3n) is 8.21. The molecule has 0 fully saturated rings. The zero-order valence-corrected chi connectivity index (χ0v) is 23.0. The molecule has 1 aliphatic carbocycles. The van der Waals surface area contributed by atoms with Gasteiger partial charge in [-0.05, 0) is 91.3 Å². The molecule has 0 radical (unpaired) electrons. The SMILES string of the molecule is C=CCOc1ccc(C2(c3ccc(OC(=O)C=C)cc3)c3cc4ccccc4cc3-c3ccc4ccccc4c32)cc1. The first-order valence-electron chi connectivity index (χ1n) is 14.0. The number of hydrogen-bond acceptors (Lipinski definition) is 3. The minimum absolute atomic E-state index is 0.442. The van der Waals surface area contributed by atoms with Crippen LogP contribution in [-0.2, 0) is 10.2 Å². The fourth-order valence-corrected chi connectivity index (χ4v) is 6.46. The van der Waals surface area contributed by atoms with Crippen molar-refractivity contribution in [1.82, 2.24) is 0 Å². The van der Waals surface area contributed by atoms with E-state index in [2.05, 4.69) is 110 Å². The number of carbonyl (C=O) groups excluding carboxylic acids is 1. The molecular weight excluding hydrogens is 516 g/mol. The number of rotatable bonds is 7. The average Bonchev–Trinajstić information content (AvgIpc) is 3.33. The van der Waals surface area contributed by atoms with Crippen molar-refractivity contribution in [3.63, 3.8) is 0 Å². The number of esters is 1. The average molecular weight is 545 g/mol. The summed E-state index contributed by atoms with van der Waals surface area (Å²) in [5, 5.41) is 4.76. The fraction of sp³-hybridized carbons (Fsp3) is 0.0513. The van der Waals surface area contributed by atoms with Crippen LogP contribution < -0.4 is 9.47 Å². The van der Waals surface area contributed by atoms with E-state index in [4.69, 9.17) is 9.47 Å². The predicted octanol–water partition coefficient (Wildman–Crippen LogP) is 9.01. The maximum absolute atomic E-state index is 12.0. The van der Waals surface area contributed by atoms with Crippen LogP contribution in [0.4, 0.5) is 0 Å². The van der Waals surface area contributed by atoms with Gasteiger partial charge in [-0.15, -0.1) is 0 Å². The van der Waals surface area contributed by atoms with Crippen LogP contribution in [0.1, 0.15) is 22.3 Å². The lowest BCUT2D eigenvalue weighted by molar-refractivity contribution is -0.128. The van der Waals surface area contributed by atoms with Gasteiger partial charge in [-0.25, -0.2) is 4.79 Å². The Balaban J connectivity index is 1.58. The van der Waals surface area contributed by atoms with Gasteiger partial charge in [0.05, 0.1) is 5.41 Å². The van der Waals surface area contributed by atoms with Crippen LogP contribution in [0, 0.1) is 0 Å². The van der Waals surface area contributed by atoms with Crippen LogP contribution in [-0.4, -0.2) is 12.6 Å². The van der Waals surface area contributed by atoms with Crippen LogP contribution in [0.3, 0.4) is 0 Å². The minimum Gasteiger partial charge on any atom is -0.490 e. The second-order valence-electron chi connectivity index (χ2n) is 10.5. The van der Waals surface area contributed by atoms with E-state index in [-0.39, 0.29) is 0 Å². The van der Waals surface area contributed by atoms with E-state index in [1.165, 1.54) is 49.9 Å². The molecule has 3 nitrogen and oxygen atoms in total. The summed E-state index contributed by atoms with van der Waals surface area (Å²) >= 11 is 0. The van der Waals surface area contributed by atoms with Crippen molar-refractivity contribution in [3.05, 3.63) is 169 Å². The van der Waals surface area contributed by atoms with Crippen molar-refractivity contribution in [2.75, 3.05) is 6.61 Å². The molecule has 202 valence electrons. The normalized spacial score (nSPS) is 15.1. The molecule has 0 aliphatic heterocycles. The number of ether oxygens (including phenoxy) is 2. The molecule has 1 aliphatic rings. The predicted molar refractivity (Wildman–Crippen MR) is 170 cm³/mol. The summed E-state index contributed by atoms with van der Waals surface area (Å²) in [7, 11) is 0. The number of carbonyl (C=O) groups is 1. The van der Waals surface area contributed by atoms with Crippen molar-refractivity contribution in [2.24, 2.45) is 0 Å². The quantitative estimate of drug-likeness (QED) is 0.0869. The van der Waals surface area contributed by atoms with Gasteiger partial charge in [-0.1, -0.05) is 104 Å². The Bertz CT molecular complexity index is 2000. The summed E-state index contributed by atoms with van der Waals surface area (Å²) in [6.45, 7) is 7.75. The topological polar surface area (TPSA) is 35.5 Å². The first-order valence-corrected chi connectivity index (χ1v) is 14.0. The van der Waals surface area contributed by atoms with Gasteiger partial charge in [-0.3, -0.25) is 0 Å². The molecule has 42 heavy (non-hydrogen) atoms. The molecule has 0 heterocycles. The molecule has 6 aromatic rings. The van der Waals surface area contributed by atoms with Crippen molar-refractivity contribution < 1.29 is 14.3 Å². The first-order chi connectivity index (χ1) is 20.6. The second-order valence-corrected chi connectivity index (χ2v) is 10.5. The summed E-state index contributed by atoms with van der Waals surface area (Å²) in [5.41, 5.74) is 6.42. The van der Waals surface area contributed by atoms with E-state index >= 15 is 0 Å². The minimum atomic E-state index is -0.645. The van der Waals surface area contributed by atoms with Crippen molar-refractivity contribution in [1.29, 1.82) is 0 Å². The Hall–Kier alpha value is -5.41. The lowest BCUT2D eigenvalue weighted by atomic mass is 9.66. The molecule has 3 heteroatoms. The number of hydrogen-bond donors (Lipinski definition) is 0.